The Morgan fingerprint density at radius 1 is 1.48 bits per heavy atom. The van der Waals surface area contributed by atoms with Crippen LogP contribution in [0.4, 0.5) is 0 Å². The minimum Gasteiger partial charge on any atom is -0.454 e. The number of aromatic nitrogens is 4. The summed E-state index contributed by atoms with van der Waals surface area (Å²) in [7, 11) is 0. The zero-order valence-electron chi connectivity index (χ0n) is 11.0. The number of aryl methyl sites for hydroxylation is 1. The van der Waals surface area contributed by atoms with Crippen LogP contribution in [0.15, 0.2) is 27.0 Å². The van der Waals surface area contributed by atoms with Gasteiger partial charge in [0.2, 0.25) is 5.89 Å². The van der Waals surface area contributed by atoms with Gasteiger partial charge in [0.25, 0.3) is 11.4 Å². The molecule has 0 saturated heterocycles. The van der Waals surface area contributed by atoms with E-state index in [1.165, 1.54) is 22.2 Å². The highest BCUT2D eigenvalue weighted by atomic mass is 32.1. The average molecular weight is 306 g/mol. The molecule has 0 aromatic carbocycles. The Morgan fingerprint density at radius 3 is 3.10 bits per heavy atom. The third kappa shape index (κ3) is 2.82. The van der Waals surface area contributed by atoms with Crippen LogP contribution in [0, 0.1) is 6.92 Å². The highest BCUT2D eigenvalue weighted by molar-refractivity contribution is 7.16. The van der Waals surface area contributed by atoms with Gasteiger partial charge in [-0.05, 0) is 11.4 Å². The van der Waals surface area contributed by atoms with E-state index in [9.17, 15) is 9.59 Å². The third-order valence-electron chi connectivity index (χ3n) is 2.67. The molecule has 3 rings (SSSR count). The maximum Gasteiger partial charge on any atom is 0.326 e. The Kier molecular flexibility index (Phi) is 3.48. The van der Waals surface area contributed by atoms with Crippen LogP contribution in [0.1, 0.15) is 11.8 Å². The van der Waals surface area contributed by atoms with Crippen molar-refractivity contribution >= 4 is 27.5 Å². The molecule has 0 saturated carbocycles. The van der Waals surface area contributed by atoms with E-state index in [4.69, 9.17) is 9.15 Å². The topological polar surface area (TPSA) is 100 Å². The lowest BCUT2D eigenvalue weighted by Gasteiger charge is -2.04. The van der Waals surface area contributed by atoms with Gasteiger partial charge in [0, 0.05) is 6.92 Å². The lowest BCUT2D eigenvalue weighted by Crippen LogP contribution is -2.25. The van der Waals surface area contributed by atoms with Gasteiger partial charge in [-0.3, -0.25) is 14.2 Å². The Bertz CT molecular complexity index is 850. The lowest BCUT2D eigenvalue weighted by molar-refractivity contribution is -0.146. The standard InChI is InChI=1S/C12H10N4O4S/c1-7-14-15-9(20-7)5-19-10(17)4-16-6-13-11-8(12(16)18)2-3-21-11/h2-3,6H,4-5H2,1H3. The van der Waals surface area contributed by atoms with Gasteiger partial charge in [0.1, 0.15) is 11.4 Å². The van der Waals surface area contributed by atoms with Crippen LogP contribution in [-0.4, -0.2) is 25.7 Å². The molecule has 0 N–H and O–H groups in total. The molecule has 0 aliphatic carbocycles. The molecule has 0 fully saturated rings. The minimum atomic E-state index is -0.579. The molecular weight excluding hydrogens is 296 g/mol. The molecule has 0 atom stereocenters. The molecule has 0 amide bonds. The predicted molar refractivity (Wildman–Crippen MR) is 72.7 cm³/mol. The molecule has 0 spiro atoms. The van der Waals surface area contributed by atoms with Crippen molar-refractivity contribution in [2.75, 3.05) is 0 Å². The molecular formula is C12H10N4O4S. The van der Waals surface area contributed by atoms with Crippen molar-refractivity contribution in [1.82, 2.24) is 19.7 Å². The highest BCUT2D eigenvalue weighted by Crippen LogP contribution is 2.13. The van der Waals surface area contributed by atoms with Crippen LogP contribution >= 0.6 is 11.3 Å². The summed E-state index contributed by atoms with van der Waals surface area (Å²) in [4.78, 5) is 28.6. The Labute approximate surface area is 122 Å². The van der Waals surface area contributed by atoms with Crippen LogP contribution in [0.5, 0.6) is 0 Å². The number of ether oxygens (including phenoxy) is 1. The van der Waals surface area contributed by atoms with Crippen LogP contribution in [0.25, 0.3) is 10.2 Å². The number of carbonyl (C=O) groups excluding carboxylic acids is 1. The van der Waals surface area contributed by atoms with Gasteiger partial charge in [-0.25, -0.2) is 4.98 Å². The summed E-state index contributed by atoms with van der Waals surface area (Å²) in [6.45, 7) is 1.30. The third-order valence-corrected chi connectivity index (χ3v) is 3.50. The summed E-state index contributed by atoms with van der Waals surface area (Å²) in [5.74, 6) is 0.0216. The first-order valence-electron chi connectivity index (χ1n) is 6.01. The second-order valence-electron chi connectivity index (χ2n) is 4.19. The highest BCUT2D eigenvalue weighted by Gasteiger charge is 2.11. The first-order chi connectivity index (χ1) is 10.1. The van der Waals surface area contributed by atoms with Gasteiger partial charge in [0.15, 0.2) is 6.61 Å². The molecule has 0 unspecified atom stereocenters. The number of fused-ring (bicyclic) bond motifs is 1. The number of hydrogen-bond donors (Lipinski definition) is 0. The van der Waals surface area contributed by atoms with Gasteiger partial charge in [-0.2, -0.15) is 0 Å². The molecule has 0 aliphatic rings. The van der Waals surface area contributed by atoms with Gasteiger partial charge in [0.05, 0.1) is 11.7 Å². The molecule has 0 radical (unpaired) electrons. The summed E-state index contributed by atoms with van der Waals surface area (Å²) < 4.78 is 11.3. The van der Waals surface area contributed by atoms with Crippen LogP contribution in [-0.2, 0) is 22.7 Å². The molecule has 3 aromatic rings. The predicted octanol–water partition coefficient (Wildman–Crippen LogP) is 0.893. The zero-order chi connectivity index (χ0) is 14.8. The normalized spacial score (nSPS) is 10.9. The number of carbonyl (C=O) groups is 1. The van der Waals surface area contributed by atoms with Crippen molar-refractivity contribution in [2.24, 2.45) is 0 Å². The minimum absolute atomic E-state index is 0.122. The molecule has 8 nitrogen and oxygen atoms in total. The summed E-state index contributed by atoms with van der Waals surface area (Å²) >= 11 is 1.37. The van der Waals surface area contributed by atoms with Crippen molar-refractivity contribution in [3.05, 3.63) is 39.9 Å². The average Bonchev–Trinajstić information content (AvgIpc) is 3.09. The molecule has 9 heteroatoms. The second kappa shape index (κ2) is 5.44. The van der Waals surface area contributed by atoms with Crippen molar-refractivity contribution in [2.45, 2.75) is 20.1 Å². The first-order valence-corrected chi connectivity index (χ1v) is 6.88. The van der Waals surface area contributed by atoms with Gasteiger partial charge in [-0.15, -0.1) is 21.5 Å². The molecule has 3 aromatic heterocycles. The molecule has 21 heavy (non-hydrogen) atoms. The molecule has 0 bridgehead atoms. The Morgan fingerprint density at radius 2 is 2.33 bits per heavy atom. The summed E-state index contributed by atoms with van der Waals surface area (Å²) in [5, 5.41) is 9.59. The van der Waals surface area contributed by atoms with Gasteiger partial charge < -0.3 is 9.15 Å². The quantitative estimate of drug-likeness (QED) is 0.660. The molecule has 3 heterocycles. The van der Waals surface area contributed by atoms with E-state index in [0.717, 1.165) is 0 Å². The monoisotopic (exact) mass is 306 g/mol. The fourth-order valence-corrected chi connectivity index (χ4v) is 2.45. The van der Waals surface area contributed by atoms with Crippen LogP contribution in [0.3, 0.4) is 0 Å². The zero-order valence-corrected chi connectivity index (χ0v) is 11.8. The maximum absolute atomic E-state index is 12.1. The van der Waals surface area contributed by atoms with E-state index in [1.54, 1.807) is 18.4 Å². The first kappa shape index (κ1) is 13.4. The van der Waals surface area contributed by atoms with E-state index in [1.807, 2.05) is 0 Å². The summed E-state index contributed by atoms with van der Waals surface area (Å²) in [6.07, 6.45) is 1.33. The number of nitrogens with zero attached hydrogens (tertiary/aromatic N) is 4. The van der Waals surface area contributed by atoms with E-state index in [-0.39, 0.29) is 24.6 Å². The largest absolute Gasteiger partial charge is 0.454 e. The van der Waals surface area contributed by atoms with Gasteiger partial charge in [-0.1, -0.05) is 0 Å². The number of hydrogen-bond acceptors (Lipinski definition) is 8. The smallest absolute Gasteiger partial charge is 0.326 e. The molecule has 108 valence electrons. The lowest BCUT2D eigenvalue weighted by atomic mass is 10.4. The van der Waals surface area contributed by atoms with E-state index < -0.39 is 5.97 Å². The summed E-state index contributed by atoms with van der Waals surface area (Å²) in [5.41, 5.74) is -0.271. The van der Waals surface area contributed by atoms with E-state index in [2.05, 4.69) is 15.2 Å². The SMILES string of the molecule is Cc1nnc(COC(=O)Cn2cnc3sccc3c2=O)o1. The molecule has 0 aliphatic heterocycles. The van der Waals surface area contributed by atoms with Gasteiger partial charge >= 0.3 is 5.97 Å². The summed E-state index contributed by atoms with van der Waals surface area (Å²) in [6, 6.07) is 1.68. The van der Waals surface area contributed by atoms with Crippen LogP contribution < -0.4 is 5.56 Å². The van der Waals surface area contributed by atoms with Crippen molar-refractivity contribution in [3.8, 4) is 0 Å². The van der Waals surface area contributed by atoms with Crippen LogP contribution in [0.2, 0.25) is 0 Å². The van der Waals surface area contributed by atoms with Crippen molar-refractivity contribution in [3.63, 3.8) is 0 Å². The fourth-order valence-electron chi connectivity index (χ4n) is 1.73. The van der Waals surface area contributed by atoms with Crippen molar-refractivity contribution in [1.29, 1.82) is 0 Å². The number of rotatable bonds is 4. The Hall–Kier alpha value is -2.55. The second-order valence-corrected chi connectivity index (χ2v) is 5.09. The number of thiophene rings is 1. The van der Waals surface area contributed by atoms with Crippen molar-refractivity contribution < 1.29 is 13.9 Å². The Balaban J connectivity index is 1.68. The maximum atomic E-state index is 12.1. The number of esters is 1. The van der Waals surface area contributed by atoms with E-state index >= 15 is 0 Å². The fraction of sp³-hybridized carbons (Fsp3) is 0.250. The van der Waals surface area contributed by atoms with E-state index in [0.29, 0.717) is 16.1 Å².